The van der Waals surface area contributed by atoms with Gasteiger partial charge in [0.2, 0.25) is 0 Å². The highest BCUT2D eigenvalue weighted by atomic mass is 15.2. The first-order valence-corrected chi connectivity index (χ1v) is 5.19. The number of hydrogen-bond acceptors (Lipinski definition) is 1. The normalized spacial score (nSPS) is 19.9. The molecule has 1 nitrogen and oxygen atoms in total. The minimum Gasteiger partial charge on any atom is -0.369 e. The number of hydrogen-bond donors (Lipinski definition) is 0. The van der Waals surface area contributed by atoms with Crippen molar-refractivity contribution in [2.75, 3.05) is 11.4 Å². The van der Waals surface area contributed by atoms with E-state index in [1.807, 2.05) is 13.8 Å². The third kappa shape index (κ3) is 2.24. The molecule has 1 atom stereocenters. The predicted molar refractivity (Wildman–Crippen MR) is 59.2 cm³/mol. The molecule has 0 amide bonds. The minimum atomic E-state index is 0.748. The van der Waals surface area contributed by atoms with Gasteiger partial charge in [-0.25, -0.2) is 0 Å². The fourth-order valence-electron chi connectivity index (χ4n) is 1.52. The predicted octanol–water partition coefficient (Wildman–Crippen LogP) is 3.31. The molecule has 1 aromatic carbocycles. The first-order chi connectivity index (χ1) is 6.38. The summed E-state index contributed by atoms with van der Waals surface area (Å²) in [6, 6.07) is 11.4. The molecule has 0 N–H and O–H groups in total. The van der Waals surface area contributed by atoms with Gasteiger partial charge >= 0.3 is 0 Å². The van der Waals surface area contributed by atoms with Crippen LogP contribution in [0.2, 0.25) is 0 Å². The molecule has 0 aromatic heterocycles. The van der Waals surface area contributed by atoms with Gasteiger partial charge in [0.15, 0.2) is 0 Å². The quantitative estimate of drug-likeness (QED) is 0.636. The van der Waals surface area contributed by atoms with E-state index in [0.717, 1.165) is 6.04 Å². The summed E-state index contributed by atoms with van der Waals surface area (Å²) < 4.78 is 0. The third-order valence-electron chi connectivity index (χ3n) is 2.41. The maximum Gasteiger partial charge on any atom is 0.0368 e. The number of benzene rings is 1. The Balaban J connectivity index is 0.000000396. The first kappa shape index (κ1) is 10.1. The van der Waals surface area contributed by atoms with Gasteiger partial charge in [0, 0.05) is 18.3 Å². The third-order valence-corrected chi connectivity index (χ3v) is 2.41. The van der Waals surface area contributed by atoms with E-state index in [2.05, 4.69) is 42.2 Å². The van der Waals surface area contributed by atoms with Gasteiger partial charge in [-0.1, -0.05) is 32.0 Å². The molecule has 72 valence electrons. The van der Waals surface area contributed by atoms with E-state index in [-0.39, 0.29) is 0 Å². The van der Waals surface area contributed by atoms with Crippen LogP contribution >= 0.6 is 0 Å². The molecule has 1 aromatic rings. The molecular weight excluding hydrogens is 158 g/mol. The highest BCUT2D eigenvalue weighted by molar-refractivity contribution is 5.49. The van der Waals surface area contributed by atoms with Crippen molar-refractivity contribution in [1.82, 2.24) is 0 Å². The molecule has 1 fully saturated rings. The van der Waals surface area contributed by atoms with Crippen molar-refractivity contribution in [3.8, 4) is 0 Å². The van der Waals surface area contributed by atoms with Crippen molar-refractivity contribution in [1.29, 1.82) is 0 Å². The molecule has 0 radical (unpaired) electrons. The second kappa shape index (κ2) is 4.90. The van der Waals surface area contributed by atoms with Crippen LogP contribution in [0.25, 0.3) is 0 Å². The lowest BCUT2D eigenvalue weighted by molar-refractivity contribution is 0.481. The zero-order chi connectivity index (χ0) is 9.68. The molecule has 1 heterocycles. The Morgan fingerprint density at radius 1 is 1.15 bits per heavy atom. The van der Waals surface area contributed by atoms with Crippen LogP contribution in [0.3, 0.4) is 0 Å². The fraction of sp³-hybridized carbons (Fsp3) is 0.500. The standard InChI is InChI=1S/C10H13N.C2H6/c1-9-7-8-11(9)10-5-3-2-4-6-10;1-2/h2-6,9H,7-8H2,1H3;1-2H3. The average molecular weight is 177 g/mol. The largest absolute Gasteiger partial charge is 0.369 e. The van der Waals surface area contributed by atoms with Crippen LogP contribution in [0.1, 0.15) is 27.2 Å². The summed E-state index contributed by atoms with van der Waals surface area (Å²) in [4.78, 5) is 2.43. The van der Waals surface area contributed by atoms with Crippen molar-refractivity contribution in [2.45, 2.75) is 33.2 Å². The Bertz CT molecular complexity index is 230. The van der Waals surface area contributed by atoms with E-state index in [1.165, 1.54) is 18.7 Å². The summed E-state index contributed by atoms with van der Waals surface area (Å²) in [5, 5.41) is 0. The van der Waals surface area contributed by atoms with E-state index in [9.17, 15) is 0 Å². The van der Waals surface area contributed by atoms with Gasteiger partial charge in [0.05, 0.1) is 0 Å². The van der Waals surface area contributed by atoms with Gasteiger partial charge in [0.25, 0.3) is 0 Å². The molecule has 0 aliphatic carbocycles. The lowest BCUT2D eigenvalue weighted by Gasteiger charge is -2.40. The lowest BCUT2D eigenvalue weighted by atomic mass is 10.0. The fourth-order valence-corrected chi connectivity index (χ4v) is 1.52. The molecule has 1 unspecified atom stereocenters. The second-order valence-corrected chi connectivity index (χ2v) is 3.17. The SMILES string of the molecule is CC.CC1CCN1c1ccccc1. The minimum absolute atomic E-state index is 0.748. The smallest absolute Gasteiger partial charge is 0.0368 e. The van der Waals surface area contributed by atoms with Gasteiger partial charge in [-0.15, -0.1) is 0 Å². The molecule has 0 saturated carbocycles. The van der Waals surface area contributed by atoms with E-state index in [0.29, 0.717) is 0 Å². The number of rotatable bonds is 1. The maximum absolute atomic E-state index is 2.43. The van der Waals surface area contributed by atoms with Crippen LogP contribution in [0.15, 0.2) is 30.3 Å². The Labute approximate surface area is 81.4 Å². The molecule has 0 spiro atoms. The number of para-hydroxylation sites is 1. The van der Waals surface area contributed by atoms with Gasteiger partial charge in [0.1, 0.15) is 0 Å². The van der Waals surface area contributed by atoms with Crippen molar-refractivity contribution in [3.05, 3.63) is 30.3 Å². The lowest BCUT2D eigenvalue weighted by Crippen LogP contribution is -2.45. The highest BCUT2D eigenvalue weighted by Gasteiger charge is 2.22. The van der Waals surface area contributed by atoms with Crippen LogP contribution in [-0.4, -0.2) is 12.6 Å². The topological polar surface area (TPSA) is 3.24 Å². The zero-order valence-electron chi connectivity index (χ0n) is 8.83. The Kier molecular flexibility index (Phi) is 3.81. The Morgan fingerprint density at radius 2 is 1.77 bits per heavy atom. The van der Waals surface area contributed by atoms with Gasteiger partial charge < -0.3 is 4.90 Å². The molecule has 1 saturated heterocycles. The van der Waals surface area contributed by atoms with Crippen LogP contribution in [-0.2, 0) is 0 Å². The summed E-state index contributed by atoms with van der Waals surface area (Å²) in [5.41, 5.74) is 1.37. The van der Waals surface area contributed by atoms with E-state index in [4.69, 9.17) is 0 Å². The number of anilines is 1. The maximum atomic E-state index is 2.43. The second-order valence-electron chi connectivity index (χ2n) is 3.17. The van der Waals surface area contributed by atoms with Crippen molar-refractivity contribution < 1.29 is 0 Å². The highest BCUT2D eigenvalue weighted by Crippen LogP contribution is 2.24. The monoisotopic (exact) mass is 177 g/mol. The van der Waals surface area contributed by atoms with Gasteiger partial charge in [-0.3, -0.25) is 0 Å². The van der Waals surface area contributed by atoms with E-state index < -0.39 is 0 Å². The molecule has 1 aliphatic rings. The number of nitrogens with zero attached hydrogens (tertiary/aromatic N) is 1. The van der Waals surface area contributed by atoms with Crippen LogP contribution < -0.4 is 4.90 Å². The molecular formula is C12H19N. The van der Waals surface area contributed by atoms with Crippen molar-refractivity contribution in [3.63, 3.8) is 0 Å². The first-order valence-electron chi connectivity index (χ1n) is 5.19. The zero-order valence-corrected chi connectivity index (χ0v) is 8.83. The van der Waals surface area contributed by atoms with E-state index >= 15 is 0 Å². The molecule has 13 heavy (non-hydrogen) atoms. The summed E-state index contributed by atoms with van der Waals surface area (Å²) in [5.74, 6) is 0. The summed E-state index contributed by atoms with van der Waals surface area (Å²) in [6.07, 6.45) is 1.34. The summed E-state index contributed by atoms with van der Waals surface area (Å²) >= 11 is 0. The van der Waals surface area contributed by atoms with Gasteiger partial charge in [-0.05, 0) is 25.5 Å². The summed E-state index contributed by atoms with van der Waals surface area (Å²) in [6.45, 7) is 7.50. The average Bonchev–Trinajstić information content (AvgIpc) is 2.20. The molecule has 1 heteroatoms. The van der Waals surface area contributed by atoms with Crippen molar-refractivity contribution in [2.24, 2.45) is 0 Å². The molecule has 0 bridgehead atoms. The van der Waals surface area contributed by atoms with Crippen LogP contribution in [0.5, 0.6) is 0 Å². The van der Waals surface area contributed by atoms with Crippen LogP contribution in [0.4, 0.5) is 5.69 Å². The van der Waals surface area contributed by atoms with Crippen molar-refractivity contribution >= 4 is 5.69 Å². The van der Waals surface area contributed by atoms with E-state index in [1.54, 1.807) is 0 Å². The van der Waals surface area contributed by atoms with Gasteiger partial charge in [-0.2, -0.15) is 0 Å². The molecule has 1 aliphatic heterocycles. The molecule has 2 rings (SSSR count). The Morgan fingerprint density at radius 3 is 2.15 bits per heavy atom. The summed E-state index contributed by atoms with van der Waals surface area (Å²) in [7, 11) is 0. The van der Waals surface area contributed by atoms with Crippen LogP contribution in [0, 0.1) is 0 Å². The Hall–Kier alpha value is -0.980.